The van der Waals surface area contributed by atoms with Crippen molar-refractivity contribution in [3.63, 3.8) is 0 Å². The Morgan fingerprint density at radius 1 is 1.18 bits per heavy atom. The summed E-state index contributed by atoms with van der Waals surface area (Å²) in [5.41, 5.74) is 10.6. The molecule has 0 bridgehead atoms. The van der Waals surface area contributed by atoms with Crippen molar-refractivity contribution < 1.29 is 14.6 Å². The lowest BCUT2D eigenvalue weighted by molar-refractivity contribution is 0.0734. The van der Waals surface area contributed by atoms with Crippen LogP contribution >= 0.6 is 0 Å². The molecule has 3 N–H and O–H groups in total. The lowest BCUT2D eigenvalue weighted by atomic mass is 9.85. The Morgan fingerprint density at radius 2 is 1.94 bits per heavy atom. The van der Waals surface area contributed by atoms with Crippen molar-refractivity contribution in [2.75, 3.05) is 13.2 Å². The zero-order valence-electron chi connectivity index (χ0n) is 19.7. The summed E-state index contributed by atoms with van der Waals surface area (Å²) in [6.45, 7) is 6.52. The van der Waals surface area contributed by atoms with Crippen LogP contribution < -0.4 is 10.5 Å². The molecule has 0 aliphatic carbocycles. The predicted octanol–water partition coefficient (Wildman–Crippen LogP) is 3.46. The SMILES string of the molecule is C/C(O)=C(\COc1cc2c(cn1)CN(C(=O)c1ccncc1)CC2)C(C)(N)c1ccc(C)nc1. The van der Waals surface area contributed by atoms with Gasteiger partial charge in [0, 0.05) is 60.8 Å². The fraction of sp³-hybridized carbons (Fsp3) is 0.308. The molecule has 0 fully saturated rings. The zero-order chi connectivity index (χ0) is 24.3. The Labute approximate surface area is 199 Å². The molecule has 1 amide bonds. The molecule has 1 aliphatic heterocycles. The van der Waals surface area contributed by atoms with E-state index in [0.717, 1.165) is 22.4 Å². The number of carbonyl (C=O) groups is 1. The molecule has 3 aromatic heterocycles. The summed E-state index contributed by atoms with van der Waals surface area (Å²) in [4.78, 5) is 27.3. The smallest absolute Gasteiger partial charge is 0.254 e. The molecule has 3 aromatic rings. The largest absolute Gasteiger partial charge is 0.512 e. The summed E-state index contributed by atoms with van der Waals surface area (Å²) in [6.07, 6.45) is 7.41. The van der Waals surface area contributed by atoms with Crippen LogP contribution in [0.1, 0.15) is 46.6 Å². The summed E-state index contributed by atoms with van der Waals surface area (Å²) in [5.74, 6) is 0.535. The first kappa shape index (κ1) is 23.4. The molecule has 0 saturated carbocycles. The van der Waals surface area contributed by atoms with Crippen LogP contribution in [0.4, 0.5) is 0 Å². The number of pyridine rings is 3. The van der Waals surface area contributed by atoms with Crippen LogP contribution in [-0.2, 0) is 18.5 Å². The van der Waals surface area contributed by atoms with Crippen molar-refractivity contribution in [2.24, 2.45) is 5.73 Å². The summed E-state index contributed by atoms with van der Waals surface area (Å²) < 4.78 is 5.95. The van der Waals surface area contributed by atoms with Crippen LogP contribution in [0.2, 0.25) is 0 Å². The van der Waals surface area contributed by atoms with E-state index in [1.54, 1.807) is 43.8 Å². The minimum Gasteiger partial charge on any atom is -0.512 e. The van der Waals surface area contributed by atoms with E-state index in [-0.39, 0.29) is 18.3 Å². The van der Waals surface area contributed by atoms with Crippen molar-refractivity contribution in [2.45, 2.75) is 39.3 Å². The fourth-order valence-corrected chi connectivity index (χ4v) is 4.07. The third-order valence-electron chi connectivity index (χ3n) is 6.22. The van der Waals surface area contributed by atoms with Crippen LogP contribution in [0.3, 0.4) is 0 Å². The summed E-state index contributed by atoms with van der Waals surface area (Å²) in [5, 5.41) is 10.3. The van der Waals surface area contributed by atoms with Crippen molar-refractivity contribution in [1.82, 2.24) is 19.9 Å². The van der Waals surface area contributed by atoms with E-state index in [1.807, 2.05) is 36.9 Å². The van der Waals surface area contributed by atoms with Gasteiger partial charge < -0.3 is 20.5 Å². The zero-order valence-corrected chi connectivity index (χ0v) is 19.7. The van der Waals surface area contributed by atoms with Crippen molar-refractivity contribution >= 4 is 5.91 Å². The number of aromatic nitrogens is 3. The second-order valence-electron chi connectivity index (χ2n) is 8.75. The van der Waals surface area contributed by atoms with Crippen molar-refractivity contribution in [1.29, 1.82) is 0 Å². The van der Waals surface area contributed by atoms with E-state index < -0.39 is 5.54 Å². The average Bonchev–Trinajstić information content (AvgIpc) is 2.83. The molecule has 1 unspecified atom stereocenters. The standard InChI is InChI=1S/C26H29N5O3/c1-17-4-5-22(14-29-17)26(3,27)23(18(2)32)16-34-24-12-20-8-11-31(15-21(20)13-30-24)25(33)19-6-9-28-10-7-19/h4-7,9-10,12-14,32H,8,11,15-16,27H2,1-3H3/b23-18-. The van der Waals surface area contributed by atoms with Gasteiger partial charge >= 0.3 is 0 Å². The molecule has 34 heavy (non-hydrogen) atoms. The van der Waals surface area contributed by atoms with Gasteiger partial charge in [-0.15, -0.1) is 0 Å². The number of nitrogens with zero attached hydrogens (tertiary/aromatic N) is 4. The highest BCUT2D eigenvalue weighted by Crippen LogP contribution is 2.29. The Hall–Kier alpha value is -3.78. The molecule has 176 valence electrons. The van der Waals surface area contributed by atoms with Gasteiger partial charge in [-0.25, -0.2) is 4.98 Å². The third-order valence-corrected chi connectivity index (χ3v) is 6.22. The number of aliphatic hydroxyl groups is 1. The molecule has 0 aromatic carbocycles. The van der Waals surface area contributed by atoms with Gasteiger partial charge in [0.05, 0.1) is 11.3 Å². The Balaban J connectivity index is 1.46. The summed E-state index contributed by atoms with van der Waals surface area (Å²) >= 11 is 0. The van der Waals surface area contributed by atoms with Crippen molar-refractivity contribution in [3.05, 3.63) is 94.4 Å². The second kappa shape index (κ2) is 9.61. The number of allylic oxidation sites excluding steroid dienone is 1. The predicted molar refractivity (Wildman–Crippen MR) is 128 cm³/mol. The van der Waals surface area contributed by atoms with Gasteiger partial charge in [-0.2, -0.15) is 0 Å². The number of rotatable bonds is 6. The van der Waals surface area contributed by atoms with E-state index in [0.29, 0.717) is 36.5 Å². The quantitative estimate of drug-likeness (QED) is 0.543. The highest BCUT2D eigenvalue weighted by Gasteiger charge is 2.30. The molecule has 0 radical (unpaired) electrons. The Bertz CT molecular complexity index is 1200. The van der Waals surface area contributed by atoms with Crippen LogP contribution in [0.15, 0.2) is 66.5 Å². The van der Waals surface area contributed by atoms with Crippen LogP contribution in [0.5, 0.6) is 5.88 Å². The van der Waals surface area contributed by atoms with E-state index in [2.05, 4.69) is 15.0 Å². The number of aryl methyl sites for hydroxylation is 1. The number of hydrogen-bond donors (Lipinski definition) is 2. The molecule has 4 rings (SSSR count). The summed E-state index contributed by atoms with van der Waals surface area (Å²) in [6, 6.07) is 9.13. The van der Waals surface area contributed by atoms with Crippen LogP contribution in [0, 0.1) is 6.92 Å². The number of amides is 1. The van der Waals surface area contributed by atoms with E-state index in [4.69, 9.17) is 10.5 Å². The van der Waals surface area contributed by atoms with E-state index in [1.165, 1.54) is 0 Å². The maximum absolute atomic E-state index is 12.8. The maximum atomic E-state index is 12.8. The molecular weight excluding hydrogens is 430 g/mol. The fourth-order valence-electron chi connectivity index (χ4n) is 4.07. The van der Waals surface area contributed by atoms with Gasteiger partial charge in [0.1, 0.15) is 6.61 Å². The average molecular weight is 460 g/mol. The number of hydrogen-bond acceptors (Lipinski definition) is 7. The first-order valence-corrected chi connectivity index (χ1v) is 11.2. The number of nitrogens with two attached hydrogens (primary N) is 1. The van der Waals surface area contributed by atoms with Crippen LogP contribution in [0.25, 0.3) is 0 Å². The van der Waals surface area contributed by atoms with Gasteiger partial charge in [0.15, 0.2) is 0 Å². The molecular formula is C26H29N5O3. The number of aliphatic hydroxyl groups excluding tert-OH is 1. The Kier molecular flexibility index (Phi) is 6.61. The van der Waals surface area contributed by atoms with Gasteiger partial charge in [0.2, 0.25) is 5.88 Å². The molecule has 0 spiro atoms. The molecule has 8 heteroatoms. The number of fused-ring (bicyclic) bond motifs is 1. The highest BCUT2D eigenvalue weighted by atomic mass is 16.5. The number of ether oxygens (including phenoxy) is 1. The molecule has 4 heterocycles. The van der Waals surface area contributed by atoms with Crippen LogP contribution in [-0.4, -0.2) is 44.0 Å². The van der Waals surface area contributed by atoms with Gasteiger partial charge in [-0.1, -0.05) is 6.07 Å². The lowest BCUT2D eigenvalue weighted by Crippen LogP contribution is -2.38. The topological polar surface area (TPSA) is 114 Å². The van der Waals surface area contributed by atoms with Gasteiger partial charge in [-0.3, -0.25) is 14.8 Å². The van der Waals surface area contributed by atoms with Gasteiger partial charge in [-0.05, 0) is 62.1 Å². The maximum Gasteiger partial charge on any atom is 0.254 e. The third kappa shape index (κ3) is 4.92. The van der Waals surface area contributed by atoms with Gasteiger partial charge in [0.25, 0.3) is 5.91 Å². The Morgan fingerprint density at radius 3 is 2.62 bits per heavy atom. The molecule has 8 nitrogen and oxygen atoms in total. The molecule has 1 atom stereocenters. The summed E-state index contributed by atoms with van der Waals surface area (Å²) in [7, 11) is 0. The molecule has 1 aliphatic rings. The highest BCUT2D eigenvalue weighted by molar-refractivity contribution is 5.94. The van der Waals surface area contributed by atoms with E-state index in [9.17, 15) is 9.90 Å². The second-order valence-corrected chi connectivity index (χ2v) is 8.75. The first-order chi connectivity index (χ1) is 16.3. The first-order valence-electron chi connectivity index (χ1n) is 11.2. The minimum absolute atomic E-state index is 0.0191. The molecule has 0 saturated heterocycles. The van der Waals surface area contributed by atoms with Crippen molar-refractivity contribution in [3.8, 4) is 5.88 Å². The lowest BCUT2D eigenvalue weighted by Gasteiger charge is -2.30. The minimum atomic E-state index is -0.957. The monoisotopic (exact) mass is 459 g/mol. The number of carbonyl (C=O) groups excluding carboxylic acids is 1. The van der Waals surface area contributed by atoms with E-state index >= 15 is 0 Å². The normalized spacial score (nSPS) is 15.7.